The molecule has 0 atom stereocenters. The van der Waals surface area contributed by atoms with Crippen molar-refractivity contribution >= 4 is 54.0 Å². The van der Waals surface area contributed by atoms with Crippen LogP contribution < -0.4 is 4.74 Å². The topological polar surface area (TPSA) is 51.5 Å². The predicted molar refractivity (Wildman–Crippen MR) is 120 cm³/mol. The van der Waals surface area contributed by atoms with Crippen molar-refractivity contribution in [2.24, 2.45) is 0 Å². The Morgan fingerprint density at radius 2 is 1.86 bits per heavy atom. The highest BCUT2D eigenvalue weighted by atomic mass is 79.9. The Kier molecular flexibility index (Phi) is 5.50. The monoisotopic (exact) mass is 494 g/mol. The Bertz CT molecular complexity index is 1220. The summed E-state index contributed by atoms with van der Waals surface area (Å²) in [4.78, 5) is 2.44. The van der Waals surface area contributed by atoms with Crippen LogP contribution in [0.3, 0.4) is 0 Å². The summed E-state index contributed by atoms with van der Waals surface area (Å²) in [6.07, 6.45) is 1.68. The SMILES string of the molecule is CCN1CC(Cl)=C(c2cn(S(=O)(=O)c3ccc(Br)cc3)c3ccc(OC)cc23)C1. The van der Waals surface area contributed by atoms with Gasteiger partial charge < -0.3 is 4.74 Å². The lowest BCUT2D eigenvalue weighted by atomic mass is 10.1. The molecule has 0 saturated carbocycles. The number of aromatic nitrogens is 1. The van der Waals surface area contributed by atoms with Crippen LogP contribution in [0.25, 0.3) is 16.5 Å². The van der Waals surface area contributed by atoms with E-state index in [2.05, 4.69) is 27.8 Å². The zero-order valence-corrected chi connectivity index (χ0v) is 19.2. The second-order valence-corrected chi connectivity index (χ2v) is 10.1. The number of hydrogen-bond donors (Lipinski definition) is 0. The molecule has 0 unspecified atom stereocenters. The molecule has 1 aromatic heterocycles. The van der Waals surface area contributed by atoms with Crippen LogP contribution in [-0.4, -0.2) is 44.0 Å². The van der Waals surface area contributed by atoms with Crippen molar-refractivity contribution < 1.29 is 13.2 Å². The molecular formula is C21H20BrClN2O3S. The van der Waals surface area contributed by atoms with E-state index in [-0.39, 0.29) is 4.90 Å². The molecule has 0 bridgehead atoms. The molecule has 3 aromatic rings. The first-order chi connectivity index (χ1) is 13.8. The second-order valence-electron chi connectivity index (χ2n) is 6.87. The van der Waals surface area contributed by atoms with E-state index in [1.54, 1.807) is 49.7 Å². The minimum absolute atomic E-state index is 0.224. The molecule has 29 heavy (non-hydrogen) atoms. The summed E-state index contributed by atoms with van der Waals surface area (Å²) in [5, 5.41) is 1.55. The van der Waals surface area contributed by atoms with Gasteiger partial charge in [-0.3, -0.25) is 4.90 Å². The number of nitrogens with zero attached hydrogens (tertiary/aromatic N) is 2. The Balaban J connectivity index is 1.95. The lowest BCUT2D eigenvalue weighted by Gasteiger charge is -2.11. The average Bonchev–Trinajstić information content (AvgIpc) is 3.28. The number of halogens is 2. The Morgan fingerprint density at radius 1 is 1.14 bits per heavy atom. The summed E-state index contributed by atoms with van der Waals surface area (Å²) in [5.41, 5.74) is 2.37. The molecule has 1 aliphatic rings. The highest BCUT2D eigenvalue weighted by Crippen LogP contribution is 2.37. The fourth-order valence-corrected chi connectivity index (χ4v) is 5.54. The van der Waals surface area contributed by atoms with Crippen LogP contribution in [0.2, 0.25) is 0 Å². The third kappa shape index (κ3) is 3.61. The van der Waals surface area contributed by atoms with E-state index in [1.165, 1.54) is 3.97 Å². The summed E-state index contributed by atoms with van der Waals surface area (Å²) in [6, 6.07) is 12.0. The van der Waals surface area contributed by atoms with Crippen LogP contribution in [0.4, 0.5) is 0 Å². The molecule has 2 heterocycles. The summed E-state index contributed by atoms with van der Waals surface area (Å²) < 4.78 is 34.3. The van der Waals surface area contributed by atoms with Gasteiger partial charge in [0.25, 0.3) is 10.0 Å². The van der Waals surface area contributed by atoms with Crippen LogP contribution in [0, 0.1) is 0 Å². The average molecular weight is 496 g/mol. The third-order valence-corrected chi connectivity index (χ3v) is 7.76. The van der Waals surface area contributed by atoms with Gasteiger partial charge >= 0.3 is 0 Å². The predicted octanol–water partition coefficient (Wildman–Crippen LogP) is 4.93. The minimum atomic E-state index is -3.77. The van der Waals surface area contributed by atoms with Gasteiger partial charge in [0.1, 0.15) is 5.75 Å². The van der Waals surface area contributed by atoms with E-state index >= 15 is 0 Å². The van der Waals surface area contributed by atoms with Gasteiger partial charge in [0.2, 0.25) is 0 Å². The lowest BCUT2D eigenvalue weighted by molar-refractivity contribution is 0.375. The number of fused-ring (bicyclic) bond motifs is 1. The van der Waals surface area contributed by atoms with Crippen LogP contribution in [0.5, 0.6) is 5.75 Å². The van der Waals surface area contributed by atoms with Crippen LogP contribution >= 0.6 is 27.5 Å². The third-order valence-electron chi connectivity index (χ3n) is 5.19. The Hall–Kier alpha value is -1.80. The zero-order valence-electron chi connectivity index (χ0n) is 16.0. The van der Waals surface area contributed by atoms with Gasteiger partial charge in [-0.25, -0.2) is 12.4 Å². The molecule has 4 rings (SSSR count). The van der Waals surface area contributed by atoms with Gasteiger partial charge in [-0.05, 0) is 54.6 Å². The number of ether oxygens (including phenoxy) is 1. The van der Waals surface area contributed by atoms with Gasteiger partial charge in [-0.2, -0.15) is 0 Å². The van der Waals surface area contributed by atoms with Gasteiger partial charge in [0, 0.05) is 39.7 Å². The summed E-state index contributed by atoms with van der Waals surface area (Å²) >= 11 is 9.91. The zero-order chi connectivity index (χ0) is 20.8. The Morgan fingerprint density at radius 3 is 2.48 bits per heavy atom. The van der Waals surface area contributed by atoms with Gasteiger partial charge in [0.15, 0.2) is 0 Å². The fourth-order valence-electron chi connectivity index (χ4n) is 3.58. The highest BCUT2D eigenvalue weighted by Gasteiger charge is 2.27. The molecule has 2 aromatic carbocycles. The minimum Gasteiger partial charge on any atom is -0.497 e. The Labute approximate surface area is 183 Å². The van der Waals surface area contributed by atoms with E-state index in [0.29, 0.717) is 24.4 Å². The van der Waals surface area contributed by atoms with Crippen molar-refractivity contribution in [2.75, 3.05) is 26.7 Å². The largest absolute Gasteiger partial charge is 0.497 e. The first-order valence-corrected chi connectivity index (χ1v) is 11.8. The fraction of sp³-hybridized carbons (Fsp3) is 0.238. The maximum absolute atomic E-state index is 13.4. The van der Waals surface area contributed by atoms with Crippen LogP contribution in [0.15, 0.2) is 63.1 Å². The van der Waals surface area contributed by atoms with E-state index < -0.39 is 10.0 Å². The maximum Gasteiger partial charge on any atom is 0.268 e. The first kappa shape index (κ1) is 20.5. The van der Waals surface area contributed by atoms with Gasteiger partial charge in [-0.15, -0.1) is 0 Å². The van der Waals surface area contributed by atoms with E-state index in [1.807, 2.05) is 6.07 Å². The molecule has 1 aliphatic heterocycles. The molecule has 0 N–H and O–H groups in total. The first-order valence-electron chi connectivity index (χ1n) is 9.15. The van der Waals surface area contributed by atoms with Crippen molar-refractivity contribution in [1.82, 2.24) is 8.87 Å². The number of methoxy groups -OCH3 is 1. The molecule has 0 saturated heterocycles. The van der Waals surface area contributed by atoms with Crippen LogP contribution in [-0.2, 0) is 10.0 Å². The van der Waals surface area contributed by atoms with Crippen molar-refractivity contribution in [3.8, 4) is 5.75 Å². The summed E-state index contributed by atoms with van der Waals surface area (Å²) in [7, 11) is -2.18. The molecule has 0 aliphatic carbocycles. The van der Waals surface area contributed by atoms with Gasteiger partial charge in [-0.1, -0.05) is 34.5 Å². The number of benzene rings is 2. The van der Waals surface area contributed by atoms with E-state index in [4.69, 9.17) is 16.3 Å². The second kappa shape index (κ2) is 7.80. The summed E-state index contributed by atoms with van der Waals surface area (Å²) in [6.45, 7) is 4.31. The van der Waals surface area contributed by atoms with Crippen molar-refractivity contribution in [3.05, 3.63) is 63.7 Å². The van der Waals surface area contributed by atoms with Crippen molar-refractivity contribution in [1.29, 1.82) is 0 Å². The molecule has 152 valence electrons. The lowest BCUT2D eigenvalue weighted by Crippen LogP contribution is -2.20. The molecule has 8 heteroatoms. The molecule has 0 fully saturated rings. The molecule has 0 radical (unpaired) electrons. The number of rotatable bonds is 5. The number of likely N-dealkylation sites (N-methyl/N-ethyl adjacent to an activating group) is 1. The van der Waals surface area contributed by atoms with Gasteiger partial charge in [0.05, 0.1) is 17.5 Å². The molecule has 5 nitrogen and oxygen atoms in total. The quantitative estimate of drug-likeness (QED) is 0.503. The summed E-state index contributed by atoms with van der Waals surface area (Å²) in [5.74, 6) is 0.666. The molecule has 0 amide bonds. The molecule has 0 spiro atoms. The molecular weight excluding hydrogens is 476 g/mol. The number of hydrogen-bond acceptors (Lipinski definition) is 4. The maximum atomic E-state index is 13.4. The van der Waals surface area contributed by atoms with Crippen molar-refractivity contribution in [3.63, 3.8) is 0 Å². The smallest absolute Gasteiger partial charge is 0.268 e. The normalized spacial score (nSPS) is 15.4. The highest BCUT2D eigenvalue weighted by molar-refractivity contribution is 9.10. The van der Waals surface area contributed by atoms with E-state index in [9.17, 15) is 8.42 Å². The van der Waals surface area contributed by atoms with Crippen molar-refractivity contribution in [2.45, 2.75) is 11.8 Å². The van der Waals surface area contributed by atoms with Crippen LogP contribution in [0.1, 0.15) is 12.5 Å². The van der Waals surface area contributed by atoms with E-state index in [0.717, 1.165) is 32.6 Å². The standard InChI is InChI=1S/C21H20BrClN2O3S/c1-3-24-11-19(20(23)13-24)18-12-25(21-9-6-15(28-2)10-17(18)21)29(26,27)16-7-4-14(22)5-8-16/h4-10,12H,3,11,13H2,1-2H3.